The molecule has 0 aromatic carbocycles. The summed E-state index contributed by atoms with van der Waals surface area (Å²) in [6, 6.07) is 4.40. The summed E-state index contributed by atoms with van der Waals surface area (Å²) >= 11 is 1.35. The number of nitrogens with one attached hydrogen (secondary N) is 2. The van der Waals surface area contributed by atoms with Crippen LogP contribution in [-0.2, 0) is 4.74 Å². The van der Waals surface area contributed by atoms with E-state index in [0.717, 1.165) is 10.4 Å². The quantitative estimate of drug-likeness (QED) is 0.337. The number of imidazole rings is 1. The molecular formula is C25H24FN9O2S. The lowest BCUT2D eigenvalue weighted by molar-refractivity contribution is 0.0397. The smallest absolute Gasteiger partial charge is 0.280 e. The van der Waals surface area contributed by atoms with Gasteiger partial charge in [-0.2, -0.15) is 5.10 Å². The summed E-state index contributed by atoms with van der Waals surface area (Å²) in [6.07, 6.45) is 8.02. The Balaban J connectivity index is 1.43. The van der Waals surface area contributed by atoms with Crippen molar-refractivity contribution in [3.8, 4) is 23.0 Å². The maximum absolute atomic E-state index is 15.0. The number of carbonyl (C=O) groups is 1. The van der Waals surface area contributed by atoms with E-state index in [1.54, 1.807) is 25.6 Å². The molecule has 194 valence electrons. The minimum Gasteiger partial charge on any atom is -0.381 e. The van der Waals surface area contributed by atoms with E-state index in [9.17, 15) is 9.18 Å². The van der Waals surface area contributed by atoms with Crippen LogP contribution < -0.4 is 5.32 Å². The van der Waals surface area contributed by atoms with E-state index < -0.39 is 5.82 Å². The number of rotatable bonds is 6. The standard InChI is InChI=1S/C25H24FN9O2S/c1-13-10-29-25(38-13)24(36)32-14-6-15(8-16(7-14)37-2)35-20-9-18(22-30-12-31-34-22)28-11-19(20)33-23(35)21-17(26)4-3-5-27-21/h3-5,9-12,14-16H,6-8H2,1-2H3,(H,32,36)(H,30,31,34)/t14-,15+,16+/m1/s1. The van der Waals surface area contributed by atoms with Gasteiger partial charge in [0, 0.05) is 36.5 Å². The summed E-state index contributed by atoms with van der Waals surface area (Å²) in [5.41, 5.74) is 2.05. The molecule has 1 amide bonds. The highest BCUT2D eigenvalue weighted by molar-refractivity contribution is 7.13. The summed E-state index contributed by atoms with van der Waals surface area (Å²) in [5, 5.41) is 10.3. The van der Waals surface area contributed by atoms with Crippen LogP contribution in [0.5, 0.6) is 0 Å². The number of aryl methyl sites for hydroxylation is 1. The third-order valence-corrected chi connectivity index (χ3v) is 7.60. The molecule has 3 atom stereocenters. The first kappa shape index (κ1) is 24.2. The predicted octanol–water partition coefficient (Wildman–Crippen LogP) is 3.72. The third-order valence-electron chi connectivity index (χ3n) is 6.69. The van der Waals surface area contributed by atoms with Crippen molar-refractivity contribution in [2.45, 2.75) is 44.4 Å². The molecule has 1 aliphatic carbocycles. The summed E-state index contributed by atoms with van der Waals surface area (Å²) in [6.45, 7) is 1.91. The van der Waals surface area contributed by atoms with Crippen LogP contribution in [0.3, 0.4) is 0 Å². The Morgan fingerprint density at radius 2 is 2.11 bits per heavy atom. The monoisotopic (exact) mass is 533 g/mol. The highest BCUT2D eigenvalue weighted by Crippen LogP contribution is 2.37. The largest absolute Gasteiger partial charge is 0.381 e. The van der Waals surface area contributed by atoms with Gasteiger partial charge in [0.1, 0.15) is 23.2 Å². The number of nitrogens with zero attached hydrogens (tertiary/aromatic N) is 7. The molecule has 0 radical (unpaired) electrons. The normalized spacial score (nSPS) is 19.6. The van der Waals surface area contributed by atoms with Gasteiger partial charge in [0.15, 0.2) is 22.5 Å². The molecule has 0 aliphatic heterocycles. The Morgan fingerprint density at radius 3 is 2.84 bits per heavy atom. The first-order valence-electron chi connectivity index (χ1n) is 12.1. The van der Waals surface area contributed by atoms with Crippen LogP contribution in [0.1, 0.15) is 40.0 Å². The number of thiazole rings is 1. The van der Waals surface area contributed by atoms with Gasteiger partial charge in [-0.1, -0.05) is 0 Å². The SMILES string of the molecule is CO[C@H]1C[C@H](NC(=O)c2ncc(C)s2)C[C@H](n2c(-c3ncccc3F)nc3cnc(-c4ncn[nH]4)cc32)C1. The number of carbonyl (C=O) groups excluding carboxylic acids is 1. The van der Waals surface area contributed by atoms with Gasteiger partial charge in [0.2, 0.25) is 0 Å². The molecule has 0 bridgehead atoms. The van der Waals surface area contributed by atoms with Crippen LogP contribution in [0, 0.1) is 12.7 Å². The molecular weight excluding hydrogens is 509 g/mol. The number of hydrogen-bond acceptors (Lipinski definition) is 9. The van der Waals surface area contributed by atoms with E-state index >= 15 is 0 Å². The molecule has 6 rings (SSSR count). The fourth-order valence-electron chi connectivity index (χ4n) is 5.01. The average Bonchev–Trinajstić information content (AvgIpc) is 3.68. The second-order valence-corrected chi connectivity index (χ2v) is 10.4. The lowest BCUT2D eigenvalue weighted by Gasteiger charge is -2.36. The zero-order chi connectivity index (χ0) is 26.2. The van der Waals surface area contributed by atoms with Gasteiger partial charge < -0.3 is 14.6 Å². The number of ether oxygens (including phenoxy) is 1. The number of halogens is 1. The number of pyridine rings is 2. The lowest BCUT2D eigenvalue weighted by Crippen LogP contribution is -2.43. The Labute approximate surface area is 220 Å². The zero-order valence-corrected chi connectivity index (χ0v) is 21.4. The van der Waals surface area contributed by atoms with Crippen molar-refractivity contribution in [1.29, 1.82) is 0 Å². The number of amides is 1. The Morgan fingerprint density at radius 1 is 1.21 bits per heavy atom. The molecule has 1 saturated carbocycles. The molecule has 13 heteroatoms. The van der Waals surface area contributed by atoms with Crippen LogP contribution in [0.2, 0.25) is 0 Å². The van der Waals surface area contributed by atoms with Crippen molar-refractivity contribution in [2.24, 2.45) is 0 Å². The molecule has 2 N–H and O–H groups in total. The average molecular weight is 534 g/mol. The topological polar surface area (TPSA) is 136 Å². The number of aromatic amines is 1. The first-order chi connectivity index (χ1) is 18.5. The number of hydrogen-bond donors (Lipinski definition) is 2. The molecule has 5 aromatic heterocycles. The summed E-state index contributed by atoms with van der Waals surface area (Å²) < 4.78 is 22.8. The summed E-state index contributed by atoms with van der Waals surface area (Å²) in [5.74, 6) is 0.201. The van der Waals surface area contributed by atoms with Crippen molar-refractivity contribution in [1.82, 2.24) is 45.0 Å². The summed E-state index contributed by atoms with van der Waals surface area (Å²) in [7, 11) is 1.66. The highest BCUT2D eigenvalue weighted by atomic mass is 32.1. The van der Waals surface area contributed by atoms with Crippen molar-refractivity contribution < 1.29 is 13.9 Å². The van der Waals surface area contributed by atoms with Gasteiger partial charge in [-0.3, -0.25) is 14.9 Å². The Kier molecular flexibility index (Phi) is 6.37. The van der Waals surface area contributed by atoms with Crippen LogP contribution >= 0.6 is 11.3 Å². The number of H-pyrrole nitrogens is 1. The van der Waals surface area contributed by atoms with Crippen molar-refractivity contribution >= 4 is 28.3 Å². The van der Waals surface area contributed by atoms with Crippen molar-refractivity contribution in [2.75, 3.05) is 7.11 Å². The van der Waals surface area contributed by atoms with Crippen molar-refractivity contribution in [3.05, 3.63) is 58.8 Å². The van der Waals surface area contributed by atoms with Crippen LogP contribution in [0.15, 0.2) is 43.1 Å². The molecule has 0 unspecified atom stereocenters. The molecule has 38 heavy (non-hydrogen) atoms. The number of fused-ring (bicyclic) bond motifs is 1. The molecule has 5 aromatic rings. The second-order valence-electron chi connectivity index (χ2n) is 9.20. The second kappa shape index (κ2) is 9.99. The summed E-state index contributed by atoms with van der Waals surface area (Å²) in [4.78, 5) is 35.8. The first-order valence-corrected chi connectivity index (χ1v) is 12.9. The molecule has 1 aliphatic rings. The molecule has 1 fully saturated rings. The molecule has 5 heterocycles. The van der Waals surface area contributed by atoms with Gasteiger partial charge in [-0.05, 0) is 44.4 Å². The van der Waals surface area contributed by atoms with E-state index in [2.05, 4.69) is 35.5 Å². The predicted molar refractivity (Wildman–Crippen MR) is 138 cm³/mol. The maximum Gasteiger partial charge on any atom is 0.280 e. The van der Waals surface area contributed by atoms with Gasteiger partial charge in [-0.15, -0.1) is 11.3 Å². The fourth-order valence-corrected chi connectivity index (χ4v) is 5.68. The van der Waals surface area contributed by atoms with E-state index in [1.807, 2.05) is 17.6 Å². The molecule has 0 saturated heterocycles. The number of aromatic nitrogens is 8. The third kappa shape index (κ3) is 4.54. The van der Waals surface area contributed by atoms with E-state index in [1.165, 1.54) is 29.9 Å². The Hall–Kier alpha value is -4.10. The van der Waals surface area contributed by atoms with E-state index in [0.29, 0.717) is 47.1 Å². The van der Waals surface area contributed by atoms with Gasteiger partial charge in [0.25, 0.3) is 5.91 Å². The van der Waals surface area contributed by atoms with Gasteiger partial charge in [-0.25, -0.2) is 24.3 Å². The van der Waals surface area contributed by atoms with Crippen molar-refractivity contribution in [3.63, 3.8) is 0 Å². The molecule has 0 spiro atoms. The van der Waals surface area contributed by atoms with E-state index in [-0.39, 0.29) is 29.8 Å². The van der Waals surface area contributed by atoms with Crippen LogP contribution in [0.4, 0.5) is 4.39 Å². The zero-order valence-electron chi connectivity index (χ0n) is 20.6. The minimum atomic E-state index is -0.476. The van der Waals surface area contributed by atoms with Crippen LogP contribution in [0.25, 0.3) is 34.1 Å². The lowest BCUT2D eigenvalue weighted by atomic mass is 9.88. The number of methoxy groups -OCH3 is 1. The minimum absolute atomic E-state index is 0.133. The molecule has 11 nitrogen and oxygen atoms in total. The Bertz CT molecular complexity index is 1600. The van der Waals surface area contributed by atoms with Crippen LogP contribution in [-0.4, -0.2) is 64.8 Å². The maximum atomic E-state index is 15.0. The highest BCUT2D eigenvalue weighted by Gasteiger charge is 2.34. The van der Waals surface area contributed by atoms with E-state index in [4.69, 9.17) is 9.72 Å². The van der Waals surface area contributed by atoms with Gasteiger partial charge >= 0.3 is 0 Å². The van der Waals surface area contributed by atoms with Gasteiger partial charge in [0.05, 0.1) is 17.8 Å². The fraction of sp³-hybridized carbons (Fsp3) is 0.320.